The Kier molecular flexibility index (Phi) is 3.43. The summed E-state index contributed by atoms with van der Waals surface area (Å²) in [6.45, 7) is 0. The molecule has 0 spiro atoms. The van der Waals surface area contributed by atoms with Gasteiger partial charge in [0.25, 0.3) is 6.43 Å². The van der Waals surface area contributed by atoms with Crippen LogP contribution in [0.4, 0.5) is 8.78 Å². The van der Waals surface area contributed by atoms with E-state index < -0.39 is 22.4 Å². The second-order valence-corrected chi connectivity index (χ2v) is 2.43. The number of aliphatic hydroxyl groups is 1. The molecule has 0 aromatic rings. The van der Waals surface area contributed by atoms with Crippen molar-refractivity contribution < 1.29 is 23.8 Å². The minimum Gasteiger partial charge on any atom is -0.479 e. The molecule has 0 rings (SSSR count). The summed E-state index contributed by atoms with van der Waals surface area (Å²) >= 11 is 1.39. The summed E-state index contributed by atoms with van der Waals surface area (Å²) < 4.78 is 22.9. The van der Waals surface area contributed by atoms with Gasteiger partial charge in [0.1, 0.15) is 0 Å². The second kappa shape index (κ2) is 3.42. The minimum atomic E-state index is -3.25. The average molecular weight is 266 g/mol. The van der Waals surface area contributed by atoms with Crippen LogP contribution in [0.3, 0.4) is 0 Å². The summed E-state index contributed by atoms with van der Waals surface area (Å²) in [6, 6.07) is 0. The highest BCUT2D eigenvalue weighted by molar-refractivity contribution is 14.1. The van der Waals surface area contributed by atoms with Crippen molar-refractivity contribution in [1.29, 1.82) is 0 Å². The summed E-state index contributed by atoms with van der Waals surface area (Å²) in [5.41, 5.74) is -2.89. The number of carboxylic acid groups (broad SMARTS) is 1. The van der Waals surface area contributed by atoms with E-state index in [0.717, 1.165) is 0 Å². The van der Waals surface area contributed by atoms with Gasteiger partial charge in [-0.1, -0.05) is 22.6 Å². The summed E-state index contributed by atoms with van der Waals surface area (Å²) in [4.78, 5) is 9.96. The van der Waals surface area contributed by atoms with Gasteiger partial charge in [-0.2, -0.15) is 0 Å². The van der Waals surface area contributed by atoms with Crippen LogP contribution in [0, 0.1) is 0 Å². The number of rotatable bonds is 3. The van der Waals surface area contributed by atoms with E-state index >= 15 is 0 Å². The fourth-order valence-electron chi connectivity index (χ4n) is 0.209. The molecule has 0 radical (unpaired) electrons. The molecule has 0 aromatic carbocycles. The molecule has 6 heteroatoms. The Balaban J connectivity index is 4.38. The van der Waals surface area contributed by atoms with E-state index in [1.165, 1.54) is 22.6 Å². The highest BCUT2D eigenvalue weighted by Gasteiger charge is 2.44. The van der Waals surface area contributed by atoms with Crippen molar-refractivity contribution in [3.63, 3.8) is 0 Å². The van der Waals surface area contributed by atoms with Gasteiger partial charge in [-0.25, -0.2) is 13.6 Å². The highest BCUT2D eigenvalue weighted by Crippen LogP contribution is 2.18. The first-order valence-electron chi connectivity index (χ1n) is 2.25. The smallest absolute Gasteiger partial charge is 0.342 e. The topological polar surface area (TPSA) is 57.5 Å². The van der Waals surface area contributed by atoms with Gasteiger partial charge >= 0.3 is 5.97 Å². The molecule has 60 valence electrons. The number of carboxylic acids is 1. The number of hydrogen-bond acceptors (Lipinski definition) is 2. The van der Waals surface area contributed by atoms with Gasteiger partial charge in [0, 0.05) is 4.43 Å². The fraction of sp³-hybridized carbons (Fsp3) is 0.750. The van der Waals surface area contributed by atoms with Crippen LogP contribution in [0.15, 0.2) is 0 Å². The predicted molar refractivity (Wildman–Crippen MR) is 37.5 cm³/mol. The highest BCUT2D eigenvalue weighted by atomic mass is 127. The molecule has 0 bridgehead atoms. The molecule has 0 saturated carbocycles. The van der Waals surface area contributed by atoms with Crippen molar-refractivity contribution in [2.24, 2.45) is 0 Å². The van der Waals surface area contributed by atoms with Crippen molar-refractivity contribution in [3.05, 3.63) is 0 Å². The van der Waals surface area contributed by atoms with Crippen molar-refractivity contribution in [1.82, 2.24) is 0 Å². The minimum absolute atomic E-state index is 0.530. The third kappa shape index (κ3) is 1.75. The lowest BCUT2D eigenvalue weighted by atomic mass is 10.1. The van der Waals surface area contributed by atoms with Crippen LogP contribution in [-0.2, 0) is 4.79 Å². The first-order valence-corrected chi connectivity index (χ1v) is 3.77. The zero-order valence-electron chi connectivity index (χ0n) is 4.72. The summed E-state index contributed by atoms with van der Waals surface area (Å²) in [7, 11) is 0. The Morgan fingerprint density at radius 1 is 1.70 bits per heavy atom. The summed E-state index contributed by atoms with van der Waals surface area (Å²) in [6.07, 6.45) is -3.25. The Labute approximate surface area is 69.2 Å². The van der Waals surface area contributed by atoms with Crippen LogP contribution in [0.2, 0.25) is 0 Å². The van der Waals surface area contributed by atoms with Gasteiger partial charge in [-0.15, -0.1) is 0 Å². The third-order valence-electron chi connectivity index (χ3n) is 0.935. The van der Waals surface area contributed by atoms with Crippen LogP contribution in [0.25, 0.3) is 0 Å². The Bertz CT molecular complexity index is 140. The molecular weight excluding hydrogens is 261 g/mol. The van der Waals surface area contributed by atoms with E-state index in [9.17, 15) is 13.6 Å². The maximum absolute atomic E-state index is 11.7. The van der Waals surface area contributed by atoms with Crippen LogP contribution < -0.4 is 0 Å². The Morgan fingerprint density at radius 3 is 2.10 bits per heavy atom. The van der Waals surface area contributed by atoms with E-state index in [2.05, 4.69) is 0 Å². The van der Waals surface area contributed by atoms with Crippen LogP contribution >= 0.6 is 22.6 Å². The largest absolute Gasteiger partial charge is 0.479 e. The molecule has 3 nitrogen and oxygen atoms in total. The van der Waals surface area contributed by atoms with Crippen molar-refractivity contribution in [2.45, 2.75) is 12.0 Å². The van der Waals surface area contributed by atoms with Crippen molar-refractivity contribution >= 4 is 28.6 Å². The fourth-order valence-corrected chi connectivity index (χ4v) is 0.868. The van der Waals surface area contributed by atoms with Crippen LogP contribution in [-0.4, -0.2) is 32.6 Å². The van der Waals surface area contributed by atoms with Crippen molar-refractivity contribution in [2.75, 3.05) is 4.43 Å². The Hall–Kier alpha value is 0.0200. The molecule has 0 heterocycles. The van der Waals surface area contributed by atoms with E-state index in [-0.39, 0.29) is 0 Å². The monoisotopic (exact) mass is 266 g/mol. The van der Waals surface area contributed by atoms with E-state index in [1.54, 1.807) is 0 Å². The Morgan fingerprint density at radius 2 is 2.10 bits per heavy atom. The van der Waals surface area contributed by atoms with Gasteiger partial charge in [-0.05, 0) is 0 Å². The quantitative estimate of drug-likeness (QED) is 0.577. The standard InChI is InChI=1S/C4H5F2IO3/c5-2(6)4(10,1-7)3(8)9/h2,10H,1H2,(H,8,9). The van der Waals surface area contributed by atoms with Gasteiger partial charge in [0.15, 0.2) is 0 Å². The predicted octanol–water partition coefficient (Wildman–Crippen LogP) is 0.502. The summed E-state index contributed by atoms with van der Waals surface area (Å²) in [5.74, 6) is -1.89. The number of aliphatic carboxylic acids is 1. The van der Waals surface area contributed by atoms with Gasteiger partial charge < -0.3 is 10.2 Å². The van der Waals surface area contributed by atoms with E-state index in [4.69, 9.17) is 10.2 Å². The molecule has 0 aromatic heterocycles. The lowest BCUT2D eigenvalue weighted by Gasteiger charge is -2.18. The normalized spacial score (nSPS) is 16.9. The molecule has 0 saturated heterocycles. The molecule has 10 heavy (non-hydrogen) atoms. The lowest BCUT2D eigenvalue weighted by molar-refractivity contribution is -0.170. The molecule has 0 fully saturated rings. The van der Waals surface area contributed by atoms with Gasteiger partial charge in [0.2, 0.25) is 5.60 Å². The number of hydrogen-bond donors (Lipinski definition) is 2. The van der Waals surface area contributed by atoms with E-state index in [0.29, 0.717) is 0 Å². The van der Waals surface area contributed by atoms with E-state index in [1.807, 2.05) is 0 Å². The lowest BCUT2D eigenvalue weighted by Crippen LogP contribution is -2.47. The van der Waals surface area contributed by atoms with Crippen LogP contribution in [0.1, 0.15) is 0 Å². The summed E-state index contributed by atoms with van der Waals surface area (Å²) in [5, 5.41) is 16.7. The SMILES string of the molecule is O=C(O)C(O)(CI)C(F)F. The first kappa shape index (κ1) is 10.0. The molecule has 0 aliphatic rings. The van der Waals surface area contributed by atoms with Crippen LogP contribution in [0.5, 0.6) is 0 Å². The third-order valence-corrected chi connectivity index (χ3v) is 2.10. The second-order valence-electron chi connectivity index (χ2n) is 1.66. The average Bonchev–Trinajstić information content (AvgIpc) is 1.85. The van der Waals surface area contributed by atoms with Crippen molar-refractivity contribution in [3.8, 4) is 0 Å². The maximum Gasteiger partial charge on any atom is 0.342 e. The van der Waals surface area contributed by atoms with Gasteiger partial charge in [-0.3, -0.25) is 0 Å². The molecule has 0 aliphatic heterocycles. The molecule has 1 unspecified atom stereocenters. The zero-order chi connectivity index (χ0) is 8.36. The number of alkyl halides is 3. The maximum atomic E-state index is 11.7. The van der Waals surface area contributed by atoms with Gasteiger partial charge in [0.05, 0.1) is 0 Å². The molecular formula is C4H5F2IO3. The molecule has 0 aliphatic carbocycles. The molecule has 1 atom stereocenters. The molecule has 2 N–H and O–H groups in total. The number of carbonyl (C=O) groups is 1. The first-order chi connectivity index (χ1) is 4.45. The molecule has 0 amide bonds. The zero-order valence-corrected chi connectivity index (χ0v) is 6.88. The number of halogens is 3.